The number of sulfonamides is 1. The van der Waals surface area contributed by atoms with Gasteiger partial charge in [-0.25, -0.2) is 13.8 Å². The van der Waals surface area contributed by atoms with Gasteiger partial charge in [-0.2, -0.15) is 0 Å². The molecule has 0 aromatic heterocycles. The first kappa shape index (κ1) is 32.2. The number of ether oxygens (including phenoxy) is 3. The van der Waals surface area contributed by atoms with Crippen LogP contribution in [0.25, 0.3) is 0 Å². The predicted octanol–water partition coefficient (Wildman–Crippen LogP) is -4.31. The highest BCUT2D eigenvalue weighted by Gasteiger charge is 2.48. The summed E-state index contributed by atoms with van der Waals surface area (Å²) in [6.45, 7) is 2.89. The first-order valence-electron chi connectivity index (χ1n) is 12.4. The standard InChI is InChI=1S/C23H36N4O12S/c1-10-4-6-13(7-5-10)40(35,36)27-26-22-16(24-11(2)29)20(33)19(32)15(38-22)9-37-23-17(25-12(3)30)21(34)18(31)14(8-28)39-23/h4-7,14-23,26-28,31-34H,8-9H2,1-3H3,(H,24,29)(H,25,30)/t14-,15-,16-,17-,18-,19-,20-,21-,22-,23-/m1/s1. The molecule has 16 nitrogen and oxygen atoms in total. The third-order valence-corrected chi connectivity index (χ3v) is 7.74. The van der Waals surface area contributed by atoms with Crippen LogP contribution in [0, 0.1) is 6.92 Å². The quantitative estimate of drug-likeness (QED) is 0.117. The Bertz CT molecular complexity index is 1120. The van der Waals surface area contributed by atoms with E-state index in [2.05, 4.69) is 20.9 Å². The van der Waals surface area contributed by atoms with Crippen molar-refractivity contribution in [2.75, 3.05) is 13.2 Å². The van der Waals surface area contributed by atoms with Gasteiger partial charge in [0.15, 0.2) is 6.29 Å². The Morgan fingerprint density at radius 3 is 2.00 bits per heavy atom. The molecule has 2 aliphatic rings. The molecule has 0 unspecified atom stereocenters. The topological polar surface area (TPSA) is 245 Å². The lowest BCUT2D eigenvalue weighted by atomic mass is 9.95. The molecular formula is C23H36N4O12S. The Labute approximate surface area is 230 Å². The van der Waals surface area contributed by atoms with Crippen molar-refractivity contribution in [1.29, 1.82) is 0 Å². The molecule has 2 fully saturated rings. The maximum Gasteiger partial charge on any atom is 0.253 e. The van der Waals surface area contributed by atoms with Gasteiger partial charge in [0.25, 0.3) is 10.0 Å². The van der Waals surface area contributed by atoms with Gasteiger partial charge in [-0.1, -0.05) is 17.7 Å². The zero-order valence-electron chi connectivity index (χ0n) is 22.0. The Hall–Kier alpha value is -2.29. The molecular weight excluding hydrogens is 556 g/mol. The van der Waals surface area contributed by atoms with Crippen molar-refractivity contribution >= 4 is 21.8 Å². The number of hydrogen-bond acceptors (Lipinski definition) is 13. The SMILES string of the molecule is CC(=O)N[C@@H]1[C@@H](O)[C@H](O)[C@@H](CO[C@@H]2O[C@H](CO)[C@@H](O)[C@H](O)[C@H]2NC(C)=O)O[C@H]1NNS(=O)(=O)c1ccc(C)cc1. The lowest BCUT2D eigenvalue weighted by Crippen LogP contribution is -2.69. The van der Waals surface area contributed by atoms with Crippen molar-refractivity contribution in [1.82, 2.24) is 20.9 Å². The highest BCUT2D eigenvalue weighted by molar-refractivity contribution is 7.89. The van der Waals surface area contributed by atoms with Crippen LogP contribution in [0.4, 0.5) is 0 Å². The van der Waals surface area contributed by atoms with E-state index in [0.29, 0.717) is 0 Å². The maximum atomic E-state index is 12.7. The van der Waals surface area contributed by atoms with Crippen molar-refractivity contribution in [3.63, 3.8) is 0 Å². The number of amides is 2. The van der Waals surface area contributed by atoms with Crippen molar-refractivity contribution in [2.45, 2.75) is 86.9 Å². The fraction of sp³-hybridized carbons (Fsp3) is 0.652. The summed E-state index contributed by atoms with van der Waals surface area (Å²) in [5, 5.41) is 56.3. The summed E-state index contributed by atoms with van der Waals surface area (Å²) in [6, 6.07) is 3.36. The molecule has 10 atom stereocenters. The van der Waals surface area contributed by atoms with E-state index in [9.17, 15) is 43.5 Å². The summed E-state index contributed by atoms with van der Waals surface area (Å²) < 4.78 is 42.3. The predicted molar refractivity (Wildman–Crippen MR) is 134 cm³/mol. The summed E-state index contributed by atoms with van der Waals surface area (Å²) in [5.74, 6) is -1.18. The van der Waals surface area contributed by atoms with Crippen LogP contribution in [0.15, 0.2) is 29.2 Å². The van der Waals surface area contributed by atoms with Crippen LogP contribution in [0.3, 0.4) is 0 Å². The monoisotopic (exact) mass is 592 g/mol. The minimum atomic E-state index is -4.11. The van der Waals surface area contributed by atoms with Crippen molar-refractivity contribution in [3.8, 4) is 0 Å². The van der Waals surface area contributed by atoms with Gasteiger partial charge < -0.3 is 50.4 Å². The minimum Gasteiger partial charge on any atom is -0.394 e. The fourth-order valence-electron chi connectivity index (χ4n) is 4.34. The number of rotatable bonds is 10. The third kappa shape index (κ3) is 7.71. The largest absolute Gasteiger partial charge is 0.394 e. The number of hydrogen-bond donors (Lipinski definition) is 9. The number of aliphatic hydroxyl groups excluding tert-OH is 5. The van der Waals surface area contributed by atoms with E-state index in [-0.39, 0.29) is 4.90 Å². The molecule has 0 bridgehead atoms. The Morgan fingerprint density at radius 2 is 1.43 bits per heavy atom. The first-order valence-corrected chi connectivity index (χ1v) is 13.9. The zero-order valence-corrected chi connectivity index (χ0v) is 22.8. The lowest BCUT2D eigenvalue weighted by Gasteiger charge is -2.45. The van der Waals surface area contributed by atoms with Crippen LogP contribution in [0.5, 0.6) is 0 Å². The summed E-state index contributed by atoms with van der Waals surface area (Å²) in [5.41, 5.74) is 3.25. The van der Waals surface area contributed by atoms with Gasteiger partial charge in [0.2, 0.25) is 11.8 Å². The average molecular weight is 593 g/mol. The summed E-state index contributed by atoms with van der Waals surface area (Å²) in [7, 11) is -4.11. The van der Waals surface area contributed by atoms with E-state index >= 15 is 0 Å². The van der Waals surface area contributed by atoms with Gasteiger partial charge in [0, 0.05) is 13.8 Å². The molecule has 1 aromatic carbocycles. The van der Waals surface area contributed by atoms with Crippen molar-refractivity contribution < 1.29 is 57.8 Å². The molecule has 0 radical (unpaired) electrons. The summed E-state index contributed by atoms with van der Waals surface area (Å²) in [4.78, 5) is 25.5. The second-order valence-electron chi connectivity index (χ2n) is 9.63. The third-order valence-electron chi connectivity index (χ3n) is 6.46. The number of benzene rings is 1. The minimum absolute atomic E-state index is 0.0735. The molecule has 2 aliphatic heterocycles. The normalized spacial score (nSPS) is 34.7. The first-order chi connectivity index (χ1) is 18.7. The van der Waals surface area contributed by atoms with Gasteiger partial charge in [0.1, 0.15) is 48.9 Å². The molecule has 0 aliphatic carbocycles. The average Bonchev–Trinajstić information content (AvgIpc) is 2.89. The molecule has 2 amide bonds. The molecule has 17 heteroatoms. The Kier molecular flexibility index (Phi) is 10.9. The molecule has 9 N–H and O–H groups in total. The van der Waals surface area contributed by atoms with Crippen molar-refractivity contribution in [2.24, 2.45) is 0 Å². The van der Waals surface area contributed by atoms with Gasteiger partial charge in [0.05, 0.1) is 24.2 Å². The van der Waals surface area contributed by atoms with E-state index in [1.807, 2.05) is 0 Å². The van der Waals surface area contributed by atoms with E-state index in [4.69, 9.17) is 14.2 Å². The van der Waals surface area contributed by atoms with E-state index < -0.39 is 96.3 Å². The molecule has 40 heavy (non-hydrogen) atoms. The number of hydrazine groups is 1. The van der Waals surface area contributed by atoms with Crippen LogP contribution in [-0.4, -0.2) is 120 Å². The second-order valence-corrected chi connectivity index (χ2v) is 11.3. The fourth-order valence-corrected chi connectivity index (χ4v) is 5.22. The lowest BCUT2D eigenvalue weighted by molar-refractivity contribution is -0.286. The van der Waals surface area contributed by atoms with Crippen LogP contribution in [0.1, 0.15) is 19.4 Å². The number of nitrogens with one attached hydrogen (secondary N) is 4. The summed E-state index contributed by atoms with van der Waals surface area (Å²) in [6.07, 6.45) is -11.9. The van der Waals surface area contributed by atoms with Gasteiger partial charge >= 0.3 is 0 Å². The molecule has 0 saturated carbocycles. The number of carbonyl (C=O) groups excluding carboxylic acids is 2. The van der Waals surface area contributed by atoms with Crippen LogP contribution < -0.4 is 20.9 Å². The summed E-state index contributed by atoms with van der Waals surface area (Å²) >= 11 is 0. The molecule has 1 aromatic rings. The van der Waals surface area contributed by atoms with E-state index in [1.54, 1.807) is 19.1 Å². The molecule has 2 heterocycles. The Morgan fingerprint density at radius 1 is 0.875 bits per heavy atom. The molecule has 0 spiro atoms. The number of carbonyl (C=O) groups is 2. The second kappa shape index (κ2) is 13.6. The smallest absolute Gasteiger partial charge is 0.253 e. The highest BCUT2D eigenvalue weighted by atomic mass is 32.2. The molecule has 3 rings (SSSR count). The zero-order chi connectivity index (χ0) is 29.8. The highest BCUT2D eigenvalue weighted by Crippen LogP contribution is 2.25. The van der Waals surface area contributed by atoms with Gasteiger partial charge in [-0.3, -0.25) is 9.59 Å². The Balaban J connectivity index is 1.76. The van der Waals surface area contributed by atoms with Crippen LogP contribution in [-0.2, 0) is 33.8 Å². The van der Waals surface area contributed by atoms with Gasteiger partial charge in [-0.15, -0.1) is 4.83 Å². The number of aryl methyl sites for hydroxylation is 1. The van der Waals surface area contributed by atoms with Crippen molar-refractivity contribution in [3.05, 3.63) is 29.8 Å². The van der Waals surface area contributed by atoms with Gasteiger partial charge in [-0.05, 0) is 19.1 Å². The maximum absolute atomic E-state index is 12.7. The van der Waals surface area contributed by atoms with Crippen LogP contribution >= 0.6 is 0 Å². The van der Waals surface area contributed by atoms with E-state index in [1.165, 1.54) is 12.1 Å². The molecule has 226 valence electrons. The molecule has 2 saturated heterocycles. The van der Waals surface area contributed by atoms with Crippen LogP contribution in [0.2, 0.25) is 0 Å². The van der Waals surface area contributed by atoms with E-state index in [0.717, 1.165) is 19.4 Å². The number of aliphatic hydroxyl groups is 5.